The van der Waals surface area contributed by atoms with E-state index < -0.39 is 4.92 Å². The fourth-order valence-electron chi connectivity index (χ4n) is 1.74. The average Bonchev–Trinajstić information content (AvgIpc) is 2.34. The van der Waals surface area contributed by atoms with Crippen LogP contribution in [0.25, 0.3) is 0 Å². The van der Waals surface area contributed by atoms with E-state index in [0.29, 0.717) is 18.9 Å². The molecule has 0 unspecified atom stereocenters. The minimum Gasteiger partial charge on any atom is -0.370 e. The first-order valence-corrected chi connectivity index (χ1v) is 5.91. The largest absolute Gasteiger partial charge is 0.370 e. The predicted molar refractivity (Wildman–Crippen MR) is 70.4 cm³/mol. The SMILES string of the molecule is CC(C)CN(CCC#N)c1ccc([N+](=O)[O-])cc1. The predicted octanol–water partition coefficient (Wildman–Crippen LogP) is 2.97. The summed E-state index contributed by atoms with van der Waals surface area (Å²) in [5.74, 6) is 0.471. The Morgan fingerprint density at radius 3 is 2.44 bits per heavy atom. The van der Waals surface area contributed by atoms with Crippen LogP contribution in [-0.2, 0) is 0 Å². The van der Waals surface area contributed by atoms with Gasteiger partial charge in [0.25, 0.3) is 5.69 Å². The molecular formula is C13H17N3O2. The Morgan fingerprint density at radius 1 is 1.39 bits per heavy atom. The van der Waals surface area contributed by atoms with Crippen LogP contribution >= 0.6 is 0 Å². The smallest absolute Gasteiger partial charge is 0.269 e. The lowest BCUT2D eigenvalue weighted by atomic mass is 10.1. The van der Waals surface area contributed by atoms with E-state index in [1.54, 1.807) is 12.1 Å². The molecule has 5 nitrogen and oxygen atoms in total. The van der Waals surface area contributed by atoms with Gasteiger partial charge in [-0.1, -0.05) is 13.8 Å². The van der Waals surface area contributed by atoms with Crippen molar-refractivity contribution >= 4 is 11.4 Å². The molecule has 0 saturated heterocycles. The molecule has 96 valence electrons. The first kappa shape index (κ1) is 14.0. The maximum absolute atomic E-state index is 10.6. The molecule has 5 heteroatoms. The second-order valence-corrected chi connectivity index (χ2v) is 4.52. The second-order valence-electron chi connectivity index (χ2n) is 4.52. The van der Waals surface area contributed by atoms with Gasteiger partial charge in [0, 0.05) is 30.9 Å². The summed E-state index contributed by atoms with van der Waals surface area (Å²) in [6, 6.07) is 8.58. The Bertz CT molecular complexity index is 435. The number of rotatable bonds is 6. The van der Waals surface area contributed by atoms with Crippen LogP contribution in [0.4, 0.5) is 11.4 Å². The number of nitriles is 1. The highest BCUT2D eigenvalue weighted by molar-refractivity contribution is 5.50. The fraction of sp³-hybridized carbons (Fsp3) is 0.462. The Hall–Kier alpha value is -2.09. The van der Waals surface area contributed by atoms with E-state index in [-0.39, 0.29) is 5.69 Å². The Kier molecular flexibility index (Phi) is 5.12. The van der Waals surface area contributed by atoms with Crippen LogP contribution < -0.4 is 4.90 Å². The molecule has 0 N–H and O–H groups in total. The molecule has 1 aromatic rings. The van der Waals surface area contributed by atoms with E-state index >= 15 is 0 Å². The van der Waals surface area contributed by atoms with Crippen molar-refractivity contribution in [2.45, 2.75) is 20.3 Å². The molecule has 0 saturated carbocycles. The maximum atomic E-state index is 10.6. The zero-order chi connectivity index (χ0) is 13.5. The summed E-state index contributed by atoms with van der Waals surface area (Å²) in [7, 11) is 0. The summed E-state index contributed by atoms with van der Waals surface area (Å²) in [6.45, 7) is 5.68. The van der Waals surface area contributed by atoms with Crippen molar-refractivity contribution in [2.75, 3.05) is 18.0 Å². The van der Waals surface area contributed by atoms with Crippen molar-refractivity contribution in [2.24, 2.45) is 5.92 Å². The topological polar surface area (TPSA) is 70.2 Å². The molecule has 1 aromatic carbocycles. The number of hydrogen-bond donors (Lipinski definition) is 0. The van der Waals surface area contributed by atoms with Crippen molar-refractivity contribution in [1.82, 2.24) is 0 Å². The van der Waals surface area contributed by atoms with E-state index in [9.17, 15) is 10.1 Å². The number of nitro benzene ring substituents is 1. The fourth-order valence-corrected chi connectivity index (χ4v) is 1.74. The van der Waals surface area contributed by atoms with Gasteiger partial charge in [-0.05, 0) is 18.1 Å². The Morgan fingerprint density at radius 2 is 2.00 bits per heavy atom. The van der Waals surface area contributed by atoms with Crippen LogP contribution in [0.5, 0.6) is 0 Å². The van der Waals surface area contributed by atoms with Gasteiger partial charge in [0.1, 0.15) is 0 Å². The summed E-state index contributed by atoms with van der Waals surface area (Å²) >= 11 is 0. The molecule has 0 aliphatic heterocycles. The van der Waals surface area contributed by atoms with E-state index in [0.717, 1.165) is 12.2 Å². The van der Waals surface area contributed by atoms with E-state index in [1.165, 1.54) is 12.1 Å². The number of hydrogen-bond acceptors (Lipinski definition) is 4. The van der Waals surface area contributed by atoms with Crippen LogP contribution in [0.3, 0.4) is 0 Å². The number of nitro groups is 1. The molecule has 0 aliphatic rings. The summed E-state index contributed by atoms with van der Waals surface area (Å²) in [5, 5.41) is 19.2. The van der Waals surface area contributed by atoms with Gasteiger partial charge >= 0.3 is 0 Å². The van der Waals surface area contributed by atoms with Gasteiger partial charge in [-0.2, -0.15) is 5.26 Å². The van der Waals surface area contributed by atoms with Crippen molar-refractivity contribution in [3.63, 3.8) is 0 Å². The summed E-state index contributed by atoms with van der Waals surface area (Å²) in [5.41, 5.74) is 1.01. The normalized spacial score (nSPS) is 10.1. The van der Waals surface area contributed by atoms with Gasteiger partial charge in [0.2, 0.25) is 0 Å². The van der Waals surface area contributed by atoms with Crippen molar-refractivity contribution < 1.29 is 4.92 Å². The summed E-state index contributed by atoms with van der Waals surface area (Å²) in [4.78, 5) is 12.3. The van der Waals surface area contributed by atoms with Gasteiger partial charge in [0.15, 0.2) is 0 Å². The van der Waals surface area contributed by atoms with Crippen molar-refractivity contribution in [1.29, 1.82) is 5.26 Å². The Balaban J connectivity index is 2.84. The van der Waals surface area contributed by atoms with Crippen molar-refractivity contribution in [3.05, 3.63) is 34.4 Å². The molecule has 0 aliphatic carbocycles. The van der Waals surface area contributed by atoms with Gasteiger partial charge in [-0.25, -0.2) is 0 Å². The summed E-state index contributed by atoms with van der Waals surface area (Å²) < 4.78 is 0. The number of benzene rings is 1. The van der Waals surface area contributed by atoms with Crippen molar-refractivity contribution in [3.8, 4) is 6.07 Å². The maximum Gasteiger partial charge on any atom is 0.269 e. The number of anilines is 1. The average molecular weight is 247 g/mol. The van der Waals surface area contributed by atoms with Crippen LogP contribution in [0.2, 0.25) is 0 Å². The van der Waals surface area contributed by atoms with Gasteiger partial charge in [-0.15, -0.1) is 0 Å². The molecule has 1 rings (SSSR count). The van der Waals surface area contributed by atoms with Gasteiger partial charge < -0.3 is 4.90 Å². The number of nitrogens with zero attached hydrogens (tertiary/aromatic N) is 3. The minimum absolute atomic E-state index is 0.0866. The number of non-ortho nitro benzene ring substituents is 1. The molecule has 0 bridgehead atoms. The first-order valence-electron chi connectivity index (χ1n) is 5.91. The van der Waals surface area contributed by atoms with Crippen LogP contribution in [0.15, 0.2) is 24.3 Å². The van der Waals surface area contributed by atoms with E-state index in [4.69, 9.17) is 5.26 Å². The van der Waals surface area contributed by atoms with Crippen LogP contribution in [-0.4, -0.2) is 18.0 Å². The third-order valence-electron chi connectivity index (χ3n) is 2.50. The molecule has 0 aromatic heterocycles. The Labute approximate surface area is 107 Å². The van der Waals surface area contributed by atoms with E-state index in [1.807, 2.05) is 0 Å². The standard InChI is InChI=1S/C13H17N3O2/c1-11(2)10-15(9-3-8-14)12-4-6-13(7-5-12)16(17)18/h4-7,11H,3,9-10H2,1-2H3. The third kappa shape index (κ3) is 4.06. The monoisotopic (exact) mass is 247 g/mol. The van der Waals surface area contributed by atoms with Gasteiger partial charge in [0.05, 0.1) is 17.4 Å². The van der Waals surface area contributed by atoms with Crippen LogP contribution in [0, 0.1) is 27.4 Å². The minimum atomic E-state index is -0.411. The molecule has 0 radical (unpaired) electrons. The molecular weight excluding hydrogens is 230 g/mol. The molecule has 0 amide bonds. The lowest BCUT2D eigenvalue weighted by molar-refractivity contribution is -0.384. The molecule has 18 heavy (non-hydrogen) atoms. The molecule has 0 heterocycles. The van der Waals surface area contributed by atoms with Crippen LogP contribution in [0.1, 0.15) is 20.3 Å². The highest BCUT2D eigenvalue weighted by Crippen LogP contribution is 2.20. The highest BCUT2D eigenvalue weighted by atomic mass is 16.6. The summed E-state index contributed by atoms with van der Waals surface area (Å²) in [6.07, 6.45) is 0.448. The molecule has 0 spiro atoms. The highest BCUT2D eigenvalue weighted by Gasteiger charge is 2.10. The van der Waals surface area contributed by atoms with E-state index in [2.05, 4.69) is 24.8 Å². The second kappa shape index (κ2) is 6.60. The molecule has 0 fully saturated rings. The third-order valence-corrected chi connectivity index (χ3v) is 2.50. The first-order chi connectivity index (χ1) is 8.54. The quantitative estimate of drug-likeness (QED) is 0.572. The molecule has 0 atom stereocenters. The zero-order valence-corrected chi connectivity index (χ0v) is 10.7. The van der Waals surface area contributed by atoms with Gasteiger partial charge in [-0.3, -0.25) is 10.1 Å². The lowest BCUT2D eigenvalue weighted by Gasteiger charge is -2.25. The lowest BCUT2D eigenvalue weighted by Crippen LogP contribution is -2.28. The zero-order valence-electron chi connectivity index (χ0n) is 10.7.